The molecular weight excluding hydrogens is 282 g/mol. The van der Waals surface area contributed by atoms with E-state index >= 15 is 0 Å². The van der Waals surface area contributed by atoms with Crippen molar-refractivity contribution in [3.63, 3.8) is 0 Å². The minimum atomic E-state index is 0.220. The van der Waals surface area contributed by atoms with Crippen LogP contribution >= 0.6 is 0 Å². The van der Waals surface area contributed by atoms with Crippen molar-refractivity contribution >= 4 is 17.7 Å². The Bertz CT molecular complexity index is 539. The molecule has 3 rings (SSSR count). The number of aromatic nitrogens is 2. The molecule has 0 saturated carbocycles. The second-order valence-corrected chi connectivity index (χ2v) is 5.79. The average Bonchev–Trinajstić information content (AvgIpc) is 2.50. The van der Waals surface area contributed by atoms with Crippen molar-refractivity contribution in [3.8, 4) is 0 Å². The number of hydrogen-bond acceptors (Lipinski definition) is 6. The maximum absolute atomic E-state index is 11.7. The summed E-state index contributed by atoms with van der Waals surface area (Å²) in [6.07, 6.45) is 0.568. The lowest BCUT2D eigenvalue weighted by Gasteiger charge is -2.35. The fourth-order valence-corrected chi connectivity index (χ4v) is 2.68. The molecule has 2 aliphatic rings. The highest BCUT2D eigenvalue weighted by molar-refractivity contribution is 5.76. The van der Waals surface area contributed by atoms with E-state index in [1.807, 2.05) is 24.8 Å². The first-order valence-corrected chi connectivity index (χ1v) is 7.88. The molecule has 0 atom stereocenters. The van der Waals surface area contributed by atoms with E-state index in [-0.39, 0.29) is 5.91 Å². The first kappa shape index (κ1) is 15.0. The van der Waals surface area contributed by atoms with Crippen LogP contribution in [-0.2, 0) is 9.53 Å². The van der Waals surface area contributed by atoms with E-state index in [9.17, 15) is 4.79 Å². The summed E-state index contributed by atoms with van der Waals surface area (Å²) in [5, 5.41) is 3.37. The predicted octanol–water partition coefficient (Wildman–Crippen LogP) is 0.654. The zero-order chi connectivity index (χ0) is 15.5. The van der Waals surface area contributed by atoms with Gasteiger partial charge in [0.2, 0.25) is 11.9 Å². The topological polar surface area (TPSA) is 70.6 Å². The van der Waals surface area contributed by atoms with Gasteiger partial charge in [-0.05, 0) is 6.92 Å². The van der Waals surface area contributed by atoms with Gasteiger partial charge in [-0.1, -0.05) is 6.92 Å². The molecule has 2 fully saturated rings. The summed E-state index contributed by atoms with van der Waals surface area (Å²) >= 11 is 0. The third-order valence-electron chi connectivity index (χ3n) is 4.05. The molecule has 0 aromatic carbocycles. The minimum Gasteiger partial charge on any atom is -0.377 e. The standard InChI is InChI=1S/C15H23N5O2/c1-3-14(21)19-4-6-20(7-5-19)15-16-11(2)8-13(18-15)17-12-9-22-10-12/h8,12H,3-7,9-10H2,1-2H3,(H,16,17,18). The monoisotopic (exact) mass is 305 g/mol. The normalized spacial score (nSPS) is 19.0. The maximum Gasteiger partial charge on any atom is 0.227 e. The lowest BCUT2D eigenvalue weighted by molar-refractivity contribution is -0.131. The van der Waals surface area contributed by atoms with E-state index in [4.69, 9.17) is 4.74 Å². The van der Waals surface area contributed by atoms with Crippen LogP contribution in [0.1, 0.15) is 19.0 Å². The van der Waals surface area contributed by atoms with Gasteiger partial charge in [0.05, 0.1) is 19.3 Å². The molecule has 0 unspecified atom stereocenters. The fraction of sp³-hybridized carbons (Fsp3) is 0.667. The number of carbonyl (C=O) groups excluding carboxylic acids is 1. The van der Waals surface area contributed by atoms with Gasteiger partial charge in [0, 0.05) is 44.4 Å². The number of nitrogens with one attached hydrogen (secondary N) is 1. The van der Waals surface area contributed by atoms with Crippen molar-refractivity contribution in [2.75, 3.05) is 49.6 Å². The summed E-state index contributed by atoms with van der Waals surface area (Å²) in [6.45, 7) is 8.38. The lowest BCUT2D eigenvalue weighted by atomic mass is 10.2. The molecule has 22 heavy (non-hydrogen) atoms. The Hall–Kier alpha value is -1.89. The number of amides is 1. The Balaban J connectivity index is 1.65. The summed E-state index contributed by atoms with van der Waals surface area (Å²) in [5.41, 5.74) is 0.944. The van der Waals surface area contributed by atoms with E-state index in [1.54, 1.807) is 0 Å². The Kier molecular flexibility index (Phi) is 4.42. The van der Waals surface area contributed by atoms with Crippen LogP contribution in [-0.4, -0.2) is 66.2 Å². The third kappa shape index (κ3) is 3.30. The van der Waals surface area contributed by atoms with Crippen LogP contribution < -0.4 is 10.2 Å². The lowest BCUT2D eigenvalue weighted by Crippen LogP contribution is -2.49. The summed E-state index contributed by atoms with van der Waals surface area (Å²) in [5.74, 6) is 1.81. The van der Waals surface area contributed by atoms with Gasteiger partial charge >= 0.3 is 0 Å². The minimum absolute atomic E-state index is 0.220. The highest BCUT2D eigenvalue weighted by atomic mass is 16.5. The number of carbonyl (C=O) groups is 1. The van der Waals surface area contributed by atoms with Crippen LogP contribution in [0.4, 0.5) is 11.8 Å². The third-order valence-corrected chi connectivity index (χ3v) is 4.05. The molecule has 7 heteroatoms. The first-order chi connectivity index (χ1) is 10.7. The van der Waals surface area contributed by atoms with Gasteiger partial charge in [-0.3, -0.25) is 4.79 Å². The predicted molar refractivity (Wildman–Crippen MR) is 84.1 cm³/mol. The average molecular weight is 305 g/mol. The smallest absolute Gasteiger partial charge is 0.227 e. The van der Waals surface area contributed by atoms with Crippen LogP contribution in [0.5, 0.6) is 0 Å². The molecule has 120 valence electrons. The van der Waals surface area contributed by atoms with Crippen LogP contribution in [0, 0.1) is 6.92 Å². The Morgan fingerprint density at radius 1 is 1.32 bits per heavy atom. The van der Waals surface area contributed by atoms with Crippen molar-refractivity contribution < 1.29 is 9.53 Å². The van der Waals surface area contributed by atoms with Crippen molar-refractivity contribution in [2.45, 2.75) is 26.3 Å². The summed E-state index contributed by atoms with van der Waals surface area (Å²) in [7, 11) is 0. The fourth-order valence-electron chi connectivity index (χ4n) is 2.68. The molecule has 0 bridgehead atoms. The highest BCUT2D eigenvalue weighted by Gasteiger charge is 2.23. The van der Waals surface area contributed by atoms with E-state index in [0.717, 1.165) is 56.9 Å². The second-order valence-electron chi connectivity index (χ2n) is 5.79. The number of ether oxygens (including phenoxy) is 1. The second kappa shape index (κ2) is 6.48. The molecule has 0 aliphatic carbocycles. The van der Waals surface area contributed by atoms with Crippen LogP contribution in [0.2, 0.25) is 0 Å². The Morgan fingerprint density at radius 3 is 2.64 bits per heavy atom. The van der Waals surface area contributed by atoms with Crippen LogP contribution in [0.3, 0.4) is 0 Å². The first-order valence-electron chi connectivity index (χ1n) is 7.88. The van der Waals surface area contributed by atoms with Gasteiger partial charge < -0.3 is 19.9 Å². The number of rotatable bonds is 4. The summed E-state index contributed by atoms with van der Waals surface area (Å²) < 4.78 is 5.17. The van der Waals surface area contributed by atoms with E-state index in [1.165, 1.54) is 0 Å². The maximum atomic E-state index is 11.7. The molecule has 2 aliphatic heterocycles. The van der Waals surface area contributed by atoms with Crippen molar-refractivity contribution in [2.24, 2.45) is 0 Å². The molecule has 2 saturated heterocycles. The summed E-state index contributed by atoms with van der Waals surface area (Å²) in [4.78, 5) is 24.9. The molecular formula is C15H23N5O2. The molecule has 1 aromatic heterocycles. The number of nitrogens with zero attached hydrogens (tertiary/aromatic N) is 4. The van der Waals surface area contributed by atoms with Gasteiger partial charge in [0.1, 0.15) is 5.82 Å². The van der Waals surface area contributed by atoms with Gasteiger partial charge in [-0.2, -0.15) is 4.98 Å². The molecule has 0 spiro atoms. The largest absolute Gasteiger partial charge is 0.377 e. The number of anilines is 2. The van der Waals surface area contributed by atoms with E-state index in [2.05, 4.69) is 20.2 Å². The quantitative estimate of drug-likeness (QED) is 0.881. The van der Waals surface area contributed by atoms with E-state index in [0.29, 0.717) is 12.5 Å². The molecule has 0 radical (unpaired) electrons. The van der Waals surface area contributed by atoms with Crippen LogP contribution in [0.25, 0.3) is 0 Å². The van der Waals surface area contributed by atoms with Gasteiger partial charge in [-0.15, -0.1) is 0 Å². The zero-order valence-corrected chi connectivity index (χ0v) is 13.2. The molecule has 1 N–H and O–H groups in total. The van der Waals surface area contributed by atoms with Gasteiger partial charge in [-0.25, -0.2) is 4.98 Å². The van der Waals surface area contributed by atoms with Crippen molar-refractivity contribution in [1.82, 2.24) is 14.9 Å². The zero-order valence-electron chi connectivity index (χ0n) is 13.2. The Labute approximate surface area is 130 Å². The Morgan fingerprint density at radius 2 is 2.05 bits per heavy atom. The molecule has 7 nitrogen and oxygen atoms in total. The van der Waals surface area contributed by atoms with Crippen molar-refractivity contribution in [3.05, 3.63) is 11.8 Å². The molecule has 1 amide bonds. The molecule has 1 aromatic rings. The van der Waals surface area contributed by atoms with E-state index < -0.39 is 0 Å². The van der Waals surface area contributed by atoms with Gasteiger partial charge in [0.15, 0.2) is 0 Å². The number of piperazine rings is 1. The van der Waals surface area contributed by atoms with Gasteiger partial charge in [0.25, 0.3) is 0 Å². The highest BCUT2D eigenvalue weighted by Crippen LogP contribution is 2.18. The van der Waals surface area contributed by atoms with Crippen molar-refractivity contribution in [1.29, 1.82) is 0 Å². The number of aryl methyl sites for hydroxylation is 1. The summed E-state index contributed by atoms with van der Waals surface area (Å²) in [6, 6.07) is 2.31. The SMILES string of the molecule is CCC(=O)N1CCN(c2nc(C)cc(NC3COC3)n2)CC1. The van der Waals surface area contributed by atoms with Crippen LogP contribution in [0.15, 0.2) is 6.07 Å². The molecule has 3 heterocycles. The number of hydrogen-bond donors (Lipinski definition) is 1.